The van der Waals surface area contributed by atoms with Crippen molar-refractivity contribution < 1.29 is 27.8 Å². The fourth-order valence-electron chi connectivity index (χ4n) is 2.66. The molecule has 0 spiro atoms. The summed E-state index contributed by atoms with van der Waals surface area (Å²) in [5, 5.41) is 2.71. The van der Waals surface area contributed by atoms with Gasteiger partial charge < -0.3 is 19.5 Å². The first-order valence-electron chi connectivity index (χ1n) is 8.31. The second-order valence-electron chi connectivity index (χ2n) is 5.80. The molecule has 7 heteroatoms. The first-order valence-corrected chi connectivity index (χ1v) is 8.31. The maximum atomic E-state index is 12.5. The first kappa shape index (κ1) is 18.1. The number of ether oxygens (including phenoxy) is 3. The maximum Gasteiger partial charge on any atom is 0.387 e. The van der Waals surface area contributed by atoms with E-state index >= 15 is 0 Å². The van der Waals surface area contributed by atoms with Gasteiger partial charge in [-0.15, -0.1) is 0 Å². The van der Waals surface area contributed by atoms with Crippen LogP contribution < -0.4 is 14.8 Å². The Bertz CT molecular complexity index is 731. The summed E-state index contributed by atoms with van der Waals surface area (Å²) in [4.78, 5) is 12.5. The Labute approximate surface area is 149 Å². The van der Waals surface area contributed by atoms with Crippen LogP contribution in [-0.4, -0.2) is 31.8 Å². The number of alkyl halides is 2. The molecule has 3 rings (SSSR count). The molecular formula is C19H19F2NO4. The highest BCUT2D eigenvalue weighted by molar-refractivity contribution is 6.06. The summed E-state index contributed by atoms with van der Waals surface area (Å²) in [5.41, 5.74) is 0.851. The number of carbonyl (C=O) groups excluding carboxylic acids is 1. The molecule has 0 aromatic heterocycles. The van der Waals surface area contributed by atoms with Crippen molar-refractivity contribution >= 4 is 11.6 Å². The van der Waals surface area contributed by atoms with Crippen LogP contribution in [0.5, 0.6) is 11.5 Å². The molecule has 0 radical (unpaired) electrons. The summed E-state index contributed by atoms with van der Waals surface area (Å²) in [5.74, 6) is 0.145. The van der Waals surface area contributed by atoms with Gasteiger partial charge in [0.15, 0.2) is 0 Å². The van der Waals surface area contributed by atoms with Gasteiger partial charge in [-0.25, -0.2) is 0 Å². The number of anilines is 1. The Balaban J connectivity index is 1.63. The third kappa shape index (κ3) is 4.92. The van der Waals surface area contributed by atoms with Crippen molar-refractivity contribution in [1.82, 2.24) is 0 Å². The Kier molecular flexibility index (Phi) is 6.01. The molecule has 0 saturated carbocycles. The van der Waals surface area contributed by atoms with Crippen LogP contribution in [0.4, 0.5) is 14.5 Å². The molecule has 5 nitrogen and oxygen atoms in total. The van der Waals surface area contributed by atoms with Gasteiger partial charge >= 0.3 is 6.61 Å². The molecule has 138 valence electrons. The second kappa shape index (κ2) is 8.62. The number of carbonyl (C=O) groups is 1. The van der Waals surface area contributed by atoms with Gasteiger partial charge in [0, 0.05) is 12.3 Å². The smallest absolute Gasteiger partial charge is 0.387 e. The predicted molar refractivity (Wildman–Crippen MR) is 91.9 cm³/mol. The van der Waals surface area contributed by atoms with Crippen molar-refractivity contribution in [2.45, 2.75) is 25.6 Å². The molecule has 1 aliphatic heterocycles. The monoisotopic (exact) mass is 363 g/mol. The average molecular weight is 363 g/mol. The maximum absolute atomic E-state index is 12.5. The fourth-order valence-corrected chi connectivity index (χ4v) is 2.66. The van der Waals surface area contributed by atoms with E-state index in [2.05, 4.69) is 10.1 Å². The minimum Gasteiger partial charge on any atom is -0.490 e. The van der Waals surface area contributed by atoms with Gasteiger partial charge in [0.25, 0.3) is 5.91 Å². The summed E-state index contributed by atoms with van der Waals surface area (Å²) >= 11 is 0. The quantitative estimate of drug-likeness (QED) is 0.805. The first-order chi connectivity index (χ1) is 12.6. The third-order valence-corrected chi connectivity index (χ3v) is 3.92. The van der Waals surface area contributed by atoms with Gasteiger partial charge in [-0.2, -0.15) is 8.78 Å². The van der Waals surface area contributed by atoms with Gasteiger partial charge in [-0.1, -0.05) is 12.1 Å². The largest absolute Gasteiger partial charge is 0.490 e. The van der Waals surface area contributed by atoms with E-state index in [4.69, 9.17) is 9.47 Å². The van der Waals surface area contributed by atoms with Gasteiger partial charge in [-0.05, 0) is 49.2 Å². The summed E-state index contributed by atoms with van der Waals surface area (Å²) in [6.45, 7) is -1.76. The lowest BCUT2D eigenvalue weighted by Crippen LogP contribution is -2.19. The van der Waals surface area contributed by atoms with Crippen LogP contribution in [0, 0.1) is 0 Å². The SMILES string of the molecule is O=C(Nc1ccc(OC(F)F)cc1)c1ccccc1OC[C@H]1CCCO1. The minimum absolute atomic E-state index is 0.0262. The second-order valence-corrected chi connectivity index (χ2v) is 5.80. The third-order valence-electron chi connectivity index (χ3n) is 3.92. The topological polar surface area (TPSA) is 56.8 Å². The fraction of sp³-hybridized carbons (Fsp3) is 0.316. The van der Waals surface area contributed by atoms with Gasteiger partial charge in [-0.3, -0.25) is 4.79 Å². The lowest BCUT2D eigenvalue weighted by atomic mass is 10.1. The van der Waals surface area contributed by atoms with Crippen molar-refractivity contribution in [3.05, 3.63) is 54.1 Å². The molecule has 1 amide bonds. The molecule has 2 aromatic rings. The van der Waals surface area contributed by atoms with Crippen molar-refractivity contribution in [3.63, 3.8) is 0 Å². The lowest BCUT2D eigenvalue weighted by molar-refractivity contribution is -0.0498. The lowest BCUT2D eigenvalue weighted by Gasteiger charge is -2.14. The van der Waals surface area contributed by atoms with E-state index in [0.717, 1.165) is 19.4 Å². The van der Waals surface area contributed by atoms with Gasteiger partial charge in [0.05, 0.1) is 11.7 Å². The molecule has 2 aromatic carbocycles. The van der Waals surface area contributed by atoms with Crippen LogP contribution in [0.1, 0.15) is 23.2 Å². The van der Waals surface area contributed by atoms with E-state index < -0.39 is 6.61 Å². The van der Waals surface area contributed by atoms with Crippen molar-refractivity contribution in [2.24, 2.45) is 0 Å². The number of rotatable bonds is 7. The molecular weight excluding hydrogens is 344 g/mol. The van der Waals surface area contributed by atoms with E-state index in [0.29, 0.717) is 23.6 Å². The van der Waals surface area contributed by atoms with Crippen LogP contribution in [-0.2, 0) is 4.74 Å². The molecule has 0 aliphatic carbocycles. The highest BCUT2D eigenvalue weighted by Gasteiger charge is 2.18. The number of hydrogen-bond donors (Lipinski definition) is 1. The molecule has 1 aliphatic rings. The van der Waals surface area contributed by atoms with Gasteiger partial charge in [0.1, 0.15) is 18.1 Å². The Morgan fingerprint density at radius 2 is 1.96 bits per heavy atom. The van der Waals surface area contributed by atoms with E-state index in [1.165, 1.54) is 24.3 Å². The van der Waals surface area contributed by atoms with Crippen molar-refractivity contribution in [1.29, 1.82) is 0 Å². The molecule has 1 fully saturated rings. The number of nitrogens with one attached hydrogen (secondary N) is 1. The zero-order chi connectivity index (χ0) is 18.4. The number of amides is 1. The zero-order valence-corrected chi connectivity index (χ0v) is 14.0. The number of hydrogen-bond acceptors (Lipinski definition) is 4. The van der Waals surface area contributed by atoms with Gasteiger partial charge in [0.2, 0.25) is 0 Å². The van der Waals surface area contributed by atoms with Crippen LogP contribution in [0.3, 0.4) is 0 Å². The Morgan fingerprint density at radius 1 is 1.19 bits per heavy atom. The van der Waals surface area contributed by atoms with E-state index in [-0.39, 0.29) is 17.8 Å². The molecule has 1 atom stereocenters. The average Bonchev–Trinajstić information content (AvgIpc) is 3.15. The van der Waals surface area contributed by atoms with Crippen LogP contribution in [0.15, 0.2) is 48.5 Å². The van der Waals surface area contributed by atoms with Crippen LogP contribution in [0.2, 0.25) is 0 Å². The van der Waals surface area contributed by atoms with Crippen molar-refractivity contribution in [3.8, 4) is 11.5 Å². The summed E-state index contributed by atoms with van der Waals surface area (Å²) in [6.07, 6.45) is 2.01. The van der Waals surface area contributed by atoms with Crippen LogP contribution >= 0.6 is 0 Å². The van der Waals surface area contributed by atoms with E-state index in [1.807, 2.05) is 0 Å². The highest BCUT2D eigenvalue weighted by atomic mass is 19.3. The zero-order valence-electron chi connectivity index (χ0n) is 14.0. The van der Waals surface area contributed by atoms with E-state index in [9.17, 15) is 13.6 Å². The molecule has 26 heavy (non-hydrogen) atoms. The molecule has 1 saturated heterocycles. The highest BCUT2D eigenvalue weighted by Crippen LogP contribution is 2.23. The van der Waals surface area contributed by atoms with Crippen LogP contribution in [0.25, 0.3) is 0 Å². The molecule has 0 unspecified atom stereocenters. The number of para-hydroxylation sites is 1. The summed E-state index contributed by atoms with van der Waals surface area (Å²) < 4.78 is 39.9. The Hall–Kier alpha value is -2.67. The normalized spacial score (nSPS) is 16.5. The Morgan fingerprint density at radius 3 is 2.65 bits per heavy atom. The summed E-state index contributed by atoms with van der Waals surface area (Å²) in [6, 6.07) is 12.6. The predicted octanol–water partition coefficient (Wildman–Crippen LogP) is 4.10. The van der Waals surface area contributed by atoms with E-state index in [1.54, 1.807) is 24.3 Å². The van der Waals surface area contributed by atoms with Crippen molar-refractivity contribution in [2.75, 3.05) is 18.5 Å². The molecule has 1 heterocycles. The summed E-state index contributed by atoms with van der Waals surface area (Å²) in [7, 11) is 0. The standard InChI is InChI=1S/C19H19F2NO4/c20-19(21)26-14-9-7-13(8-10-14)22-18(23)16-5-1-2-6-17(16)25-12-15-4-3-11-24-15/h1-2,5-10,15,19H,3-4,11-12H2,(H,22,23)/t15-/m1/s1. The minimum atomic E-state index is -2.89. The molecule has 1 N–H and O–H groups in total. The number of halogens is 2. The molecule has 0 bridgehead atoms. The number of benzene rings is 2.